The monoisotopic (exact) mass is 369 g/mol. The lowest BCUT2D eigenvalue weighted by atomic mass is 10.1. The molecule has 2 amide bonds. The van der Waals surface area contributed by atoms with E-state index in [0.29, 0.717) is 35.7 Å². The predicted octanol–water partition coefficient (Wildman–Crippen LogP) is 2.66. The number of fused-ring (bicyclic) bond motifs is 1. The SMILES string of the molecule is CCCCCNC(=O)c1cncc(C(=O)NCc2ccc3c(c2)OCO3)c1. The Hall–Kier alpha value is -3.09. The number of aromatic nitrogens is 1. The first-order valence-electron chi connectivity index (χ1n) is 9.07. The molecule has 27 heavy (non-hydrogen) atoms. The Morgan fingerprint density at radius 3 is 2.52 bits per heavy atom. The van der Waals surface area contributed by atoms with E-state index in [0.717, 1.165) is 24.8 Å². The van der Waals surface area contributed by atoms with Gasteiger partial charge < -0.3 is 20.1 Å². The van der Waals surface area contributed by atoms with Gasteiger partial charge in [0.2, 0.25) is 6.79 Å². The number of ether oxygens (including phenoxy) is 2. The van der Waals surface area contributed by atoms with Crippen molar-refractivity contribution in [3.63, 3.8) is 0 Å². The summed E-state index contributed by atoms with van der Waals surface area (Å²) < 4.78 is 10.6. The highest BCUT2D eigenvalue weighted by atomic mass is 16.7. The number of pyridine rings is 1. The van der Waals surface area contributed by atoms with Gasteiger partial charge in [-0.2, -0.15) is 0 Å². The summed E-state index contributed by atoms with van der Waals surface area (Å²) in [6.07, 6.45) is 6.01. The molecule has 0 bridgehead atoms. The van der Waals surface area contributed by atoms with Crippen molar-refractivity contribution < 1.29 is 19.1 Å². The van der Waals surface area contributed by atoms with E-state index in [-0.39, 0.29) is 18.6 Å². The molecule has 0 saturated carbocycles. The van der Waals surface area contributed by atoms with Crippen LogP contribution in [0.4, 0.5) is 0 Å². The van der Waals surface area contributed by atoms with Crippen molar-refractivity contribution in [3.05, 3.63) is 53.3 Å². The number of nitrogens with one attached hydrogen (secondary N) is 2. The van der Waals surface area contributed by atoms with Crippen LogP contribution in [0, 0.1) is 0 Å². The van der Waals surface area contributed by atoms with Gasteiger partial charge >= 0.3 is 0 Å². The number of rotatable bonds is 8. The Bertz CT molecular complexity index is 823. The molecule has 0 fully saturated rings. The highest BCUT2D eigenvalue weighted by Crippen LogP contribution is 2.32. The van der Waals surface area contributed by atoms with Crippen LogP contribution in [0.25, 0.3) is 0 Å². The van der Waals surface area contributed by atoms with Crippen molar-refractivity contribution in [2.24, 2.45) is 0 Å². The molecule has 2 N–H and O–H groups in total. The minimum atomic E-state index is -0.291. The fourth-order valence-electron chi connectivity index (χ4n) is 2.70. The van der Waals surface area contributed by atoms with Gasteiger partial charge in [-0.15, -0.1) is 0 Å². The molecule has 0 radical (unpaired) electrons. The van der Waals surface area contributed by atoms with E-state index < -0.39 is 0 Å². The van der Waals surface area contributed by atoms with Crippen molar-refractivity contribution in [3.8, 4) is 11.5 Å². The van der Waals surface area contributed by atoms with Crippen LogP contribution in [0.1, 0.15) is 52.5 Å². The Labute approximate surface area is 158 Å². The lowest BCUT2D eigenvalue weighted by Gasteiger charge is -2.08. The number of amides is 2. The van der Waals surface area contributed by atoms with Gasteiger partial charge in [0.05, 0.1) is 11.1 Å². The van der Waals surface area contributed by atoms with Gasteiger partial charge in [-0.3, -0.25) is 14.6 Å². The summed E-state index contributed by atoms with van der Waals surface area (Å²) in [7, 11) is 0. The number of benzene rings is 1. The maximum absolute atomic E-state index is 12.4. The van der Waals surface area contributed by atoms with Crippen molar-refractivity contribution >= 4 is 11.8 Å². The van der Waals surface area contributed by atoms with E-state index >= 15 is 0 Å². The van der Waals surface area contributed by atoms with E-state index in [1.807, 2.05) is 18.2 Å². The first-order chi connectivity index (χ1) is 13.2. The van der Waals surface area contributed by atoms with Crippen LogP contribution in [0.15, 0.2) is 36.7 Å². The molecular formula is C20H23N3O4. The molecule has 0 saturated heterocycles. The maximum Gasteiger partial charge on any atom is 0.253 e. The molecule has 1 aliphatic rings. The predicted molar refractivity (Wildman–Crippen MR) is 99.8 cm³/mol. The van der Waals surface area contributed by atoms with Crippen molar-refractivity contribution in [2.45, 2.75) is 32.7 Å². The molecule has 0 atom stereocenters. The molecule has 7 nitrogen and oxygen atoms in total. The fourth-order valence-corrected chi connectivity index (χ4v) is 2.70. The van der Waals surface area contributed by atoms with Crippen LogP contribution in [0.2, 0.25) is 0 Å². The fraction of sp³-hybridized carbons (Fsp3) is 0.350. The quantitative estimate of drug-likeness (QED) is 0.698. The maximum atomic E-state index is 12.4. The summed E-state index contributed by atoms with van der Waals surface area (Å²) in [5.41, 5.74) is 1.62. The molecule has 1 aromatic heterocycles. The summed E-state index contributed by atoms with van der Waals surface area (Å²) >= 11 is 0. The Balaban J connectivity index is 1.56. The smallest absolute Gasteiger partial charge is 0.253 e. The molecular weight excluding hydrogens is 346 g/mol. The molecule has 0 aliphatic carbocycles. The average Bonchev–Trinajstić information content (AvgIpc) is 3.17. The number of carbonyl (C=O) groups excluding carboxylic acids is 2. The van der Waals surface area contributed by atoms with E-state index in [1.54, 1.807) is 6.07 Å². The van der Waals surface area contributed by atoms with Crippen molar-refractivity contribution in [1.29, 1.82) is 0 Å². The number of nitrogens with zero attached hydrogens (tertiary/aromatic N) is 1. The highest BCUT2D eigenvalue weighted by molar-refractivity contribution is 5.99. The van der Waals surface area contributed by atoms with Crippen LogP contribution in [-0.4, -0.2) is 30.1 Å². The number of unbranched alkanes of at least 4 members (excludes halogenated alkanes) is 2. The second kappa shape index (κ2) is 9.02. The van der Waals surface area contributed by atoms with Crippen LogP contribution < -0.4 is 20.1 Å². The third kappa shape index (κ3) is 4.97. The molecule has 0 unspecified atom stereocenters. The van der Waals surface area contributed by atoms with Gasteiger partial charge in [-0.1, -0.05) is 25.8 Å². The topological polar surface area (TPSA) is 89.6 Å². The largest absolute Gasteiger partial charge is 0.454 e. The molecule has 142 valence electrons. The van der Waals surface area contributed by atoms with E-state index in [4.69, 9.17) is 9.47 Å². The zero-order chi connectivity index (χ0) is 19.1. The zero-order valence-electron chi connectivity index (χ0n) is 15.3. The normalized spacial score (nSPS) is 11.9. The van der Waals surface area contributed by atoms with Crippen LogP contribution in [-0.2, 0) is 6.54 Å². The number of hydrogen-bond acceptors (Lipinski definition) is 5. The van der Waals surface area contributed by atoms with Crippen LogP contribution in [0.5, 0.6) is 11.5 Å². The second-order valence-electron chi connectivity index (χ2n) is 6.30. The lowest BCUT2D eigenvalue weighted by Crippen LogP contribution is -2.26. The Morgan fingerprint density at radius 1 is 1.00 bits per heavy atom. The molecule has 3 rings (SSSR count). The van der Waals surface area contributed by atoms with Gasteiger partial charge in [-0.25, -0.2) is 0 Å². The summed E-state index contributed by atoms with van der Waals surface area (Å²) in [5.74, 6) is 0.863. The summed E-state index contributed by atoms with van der Waals surface area (Å²) in [6.45, 7) is 3.28. The summed E-state index contributed by atoms with van der Waals surface area (Å²) in [4.78, 5) is 28.6. The first kappa shape index (κ1) is 18.7. The first-order valence-corrected chi connectivity index (χ1v) is 9.07. The van der Waals surface area contributed by atoms with Crippen molar-refractivity contribution in [1.82, 2.24) is 15.6 Å². The van der Waals surface area contributed by atoms with E-state index in [2.05, 4.69) is 22.5 Å². The van der Waals surface area contributed by atoms with Gasteiger partial charge in [-0.05, 0) is 30.2 Å². The second-order valence-corrected chi connectivity index (χ2v) is 6.30. The average molecular weight is 369 g/mol. The summed E-state index contributed by atoms with van der Waals surface area (Å²) in [5, 5.41) is 5.67. The van der Waals surface area contributed by atoms with Crippen LogP contribution in [0.3, 0.4) is 0 Å². The molecule has 7 heteroatoms. The molecule has 1 aromatic carbocycles. The Morgan fingerprint density at radius 2 is 1.74 bits per heavy atom. The summed E-state index contributed by atoms with van der Waals surface area (Å²) in [6, 6.07) is 7.07. The van der Waals surface area contributed by atoms with Crippen molar-refractivity contribution in [2.75, 3.05) is 13.3 Å². The minimum absolute atomic E-state index is 0.212. The third-order valence-corrected chi connectivity index (χ3v) is 4.22. The number of hydrogen-bond donors (Lipinski definition) is 2. The molecule has 0 spiro atoms. The third-order valence-electron chi connectivity index (χ3n) is 4.22. The van der Waals surface area contributed by atoms with Crippen LogP contribution >= 0.6 is 0 Å². The lowest BCUT2D eigenvalue weighted by molar-refractivity contribution is 0.0950. The molecule has 2 heterocycles. The zero-order valence-corrected chi connectivity index (χ0v) is 15.3. The van der Waals surface area contributed by atoms with E-state index in [1.165, 1.54) is 12.4 Å². The number of carbonyl (C=O) groups is 2. The standard InChI is InChI=1S/C20H23N3O4/c1-2-3-4-7-22-19(24)15-9-16(12-21-11-15)20(25)23-10-14-5-6-17-18(8-14)27-13-26-17/h5-6,8-9,11-12H,2-4,7,10,13H2,1H3,(H,22,24)(H,23,25). The highest BCUT2D eigenvalue weighted by Gasteiger charge is 2.14. The van der Waals surface area contributed by atoms with Gasteiger partial charge in [0.25, 0.3) is 11.8 Å². The Kier molecular flexibility index (Phi) is 6.25. The van der Waals surface area contributed by atoms with Gasteiger partial charge in [0, 0.05) is 25.5 Å². The van der Waals surface area contributed by atoms with Gasteiger partial charge in [0.1, 0.15) is 0 Å². The molecule has 2 aromatic rings. The van der Waals surface area contributed by atoms with Gasteiger partial charge in [0.15, 0.2) is 11.5 Å². The minimum Gasteiger partial charge on any atom is -0.454 e. The van der Waals surface area contributed by atoms with E-state index in [9.17, 15) is 9.59 Å². The molecule has 1 aliphatic heterocycles.